The molecule has 1 nitrogen and oxygen atoms in total. The summed E-state index contributed by atoms with van der Waals surface area (Å²) in [5, 5.41) is 3.30. The van der Waals surface area contributed by atoms with Gasteiger partial charge in [-0.2, -0.15) is 0 Å². The molecule has 3 aliphatic rings. The van der Waals surface area contributed by atoms with Gasteiger partial charge in [0.2, 0.25) is 0 Å². The van der Waals surface area contributed by atoms with Gasteiger partial charge in [-0.15, -0.1) is 0 Å². The van der Waals surface area contributed by atoms with E-state index in [0.29, 0.717) is 0 Å². The molecule has 0 radical (unpaired) electrons. The highest BCUT2D eigenvalue weighted by atomic mass is 31.2. The van der Waals surface area contributed by atoms with Gasteiger partial charge in [0.15, 0.2) is 7.14 Å². The third kappa shape index (κ3) is 1.66. The number of allylic oxidation sites excluding steroid dienone is 12. The molecule has 0 aromatic heterocycles. The lowest BCUT2D eigenvalue weighted by Gasteiger charge is -2.22. The van der Waals surface area contributed by atoms with E-state index in [1.807, 2.05) is 36.5 Å². The van der Waals surface area contributed by atoms with Crippen molar-refractivity contribution in [2.24, 2.45) is 0 Å². The van der Waals surface area contributed by atoms with E-state index in [0.717, 1.165) is 35.2 Å². The van der Waals surface area contributed by atoms with Gasteiger partial charge < -0.3 is 4.57 Å². The Morgan fingerprint density at radius 1 is 0.706 bits per heavy atom. The summed E-state index contributed by atoms with van der Waals surface area (Å²) in [4.78, 5) is 0. The van der Waals surface area contributed by atoms with E-state index in [1.165, 1.54) is 0 Å². The van der Waals surface area contributed by atoms with Crippen LogP contribution in [0.15, 0.2) is 70.6 Å². The highest BCUT2D eigenvalue weighted by molar-refractivity contribution is 7.76. The Labute approximate surface area is 102 Å². The Balaban J connectivity index is 2.04. The molecule has 0 atom stereocenters. The molecule has 0 amide bonds. The van der Waals surface area contributed by atoms with E-state index in [9.17, 15) is 4.57 Å². The van der Waals surface area contributed by atoms with E-state index in [4.69, 9.17) is 0 Å². The molecule has 0 aromatic rings. The van der Waals surface area contributed by atoms with Crippen LogP contribution in [0.2, 0.25) is 0 Å². The summed E-state index contributed by atoms with van der Waals surface area (Å²) in [5.74, 6) is 0. The van der Waals surface area contributed by atoms with Crippen LogP contribution in [0.5, 0.6) is 0 Å². The molecular formula is C15H15OP. The van der Waals surface area contributed by atoms with E-state index < -0.39 is 7.14 Å². The van der Waals surface area contributed by atoms with Crippen molar-refractivity contribution >= 4 is 7.14 Å². The van der Waals surface area contributed by atoms with Crippen molar-refractivity contribution in [1.29, 1.82) is 0 Å². The lowest BCUT2D eigenvalue weighted by molar-refractivity contribution is 0.585. The summed E-state index contributed by atoms with van der Waals surface area (Å²) in [6.45, 7) is 0. The standard InChI is InChI=1S/C15H15OP/c16-17(13-7-1-2-8-13,14-9-3-4-10-14)15-11-5-6-12-15/h1-7,9,11H,8,10,12H2. The Bertz CT molecular complexity index is 487. The molecule has 0 fully saturated rings. The lowest BCUT2D eigenvalue weighted by atomic mass is 10.5. The average Bonchev–Trinajstić information content (AvgIpc) is 3.10. The van der Waals surface area contributed by atoms with E-state index in [1.54, 1.807) is 0 Å². The quantitative estimate of drug-likeness (QED) is 0.644. The summed E-state index contributed by atoms with van der Waals surface area (Å²) in [6.07, 6.45) is 21.0. The zero-order chi connectivity index (χ0) is 11.7. The second-order valence-electron chi connectivity index (χ2n) is 4.48. The first kappa shape index (κ1) is 10.8. The van der Waals surface area contributed by atoms with Crippen LogP contribution in [0.1, 0.15) is 19.3 Å². The van der Waals surface area contributed by atoms with Crippen LogP contribution in [-0.2, 0) is 4.57 Å². The summed E-state index contributed by atoms with van der Waals surface area (Å²) >= 11 is 0. The predicted octanol–water partition coefficient (Wildman–Crippen LogP) is 4.88. The van der Waals surface area contributed by atoms with E-state index >= 15 is 0 Å². The highest BCUT2D eigenvalue weighted by Crippen LogP contribution is 2.71. The van der Waals surface area contributed by atoms with Gasteiger partial charge in [0.1, 0.15) is 0 Å². The molecule has 3 rings (SSSR count). The van der Waals surface area contributed by atoms with Gasteiger partial charge in [0.25, 0.3) is 0 Å². The summed E-state index contributed by atoms with van der Waals surface area (Å²) < 4.78 is 13.5. The summed E-state index contributed by atoms with van der Waals surface area (Å²) in [5.41, 5.74) is 0. The topological polar surface area (TPSA) is 17.1 Å². The zero-order valence-corrected chi connectivity index (χ0v) is 10.6. The Morgan fingerprint density at radius 3 is 1.29 bits per heavy atom. The molecular weight excluding hydrogens is 227 g/mol. The van der Waals surface area contributed by atoms with Crippen LogP contribution in [-0.4, -0.2) is 0 Å². The minimum absolute atomic E-state index is 0.839. The molecule has 86 valence electrons. The van der Waals surface area contributed by atoms with Crippen LogP contribution in [0, 0.1) is 0 Å². The third-order valence-electron chi connectivity index (χ3n) is 3.47. The SMILES string of the molecule is O=P(C1=CC=CC1)(C1=CC=CC1)C1=CC=CC1. The van der Waals surface area contributed by atoms with Crippen LogP contribution in [0.25, 0.3) is 0 Å². The fourth-order valence-electron chi connectivity index (χ4n) is 2.56. The Hall–Kier alpha value is -1.33. The molecule has 3 aliphatic carbocycles. The lowest BCUT2D eigenvalue weighted by Crippen LogP contribution is -1.92. The average molecular weight is 242 g/mol. The fraction of sp³-hybridized carbons (Fsp3) is 0.200. The van der Waals surface area contributed by atoms with Crippen molar-refractivity contribution in [2.45, 2.75) is 19.3 Å². The highest BCUT2D eigenvalue weighted by Gasteiger charge is 2.35. The van der Waals surface area contributed by atoms with Crippen LogP contribution in [0.4, 0.5) is 0 Å². The number of hydrogen-bond acceptors (Lipinski definition) is 1. The Kier molecular flexibility index (Phi) is 2.64. The molecule has 2 heteroatoms. The molecule has 0 aromatic carbocycles. The maximum Gasteiger partial charge on any atom is 0.160 e. The van der Waals surface area contributed by atoms with Crippen molar-refractivity contribution in [1.82, 2.24) is 0 Å². The largest absolute Gasteiger partial charge is 0.310 e. The van der Waals surface area contributed by atoms with Crippen molar-refractivity contribution in [3.05, 3.63) is 70.6 Å². The first-order valence-corrected chi connectivity index (χ1v) is 7.71. The van der Waals surface area contributed by atoms with Gasteiger partial charge in [-0.05, 0) is 19.3 Å². The van der Waals surface area contributed by atoms with Crippen LogP contribution in [0.3, 0.4) is 0 Å². The van der Waals surface area contributed by atoms with Gasteiger partial charge >= 0.3 is 0 Å². The van der Waals surface area contributed by atoms with Gasteiger partial charge in [0, 0.05) is 15.9 Å². The second kappa shape index (κ2) is 4.16. The molecule has 17 heavy (non-hydrogen) atoms. The molecule has 0 N–H and O–H groups in total. The van der Waals surface area contributed by atoms with Crippen LogP contribution < -0.4 is 0 Å². The smallest absolute Gasteiger partial charge is 0.160 e. The minimum Gasteiger partial charge on any atom is -0.310 e. The molecule has 0 aliphatic heterocycles. The van der Waals surface area contributed by atoms with Crippen molar-refractivity contribution in [3.63, 3.8) is 0 Å². The predicted molar refractivity (Wildman–Crippen MR) is 73.1 cm³/mol. The van der Waals surface area contributed by atoms with Gasteiger partial charge in [0.05, 0.1) is 0 Å². The molecule has 0 saturated carbocycles. The molecule has 0 saturated heterocycles. The second-order valence-corrected chi connectivity index (χ2v) is 7.42. The first-order valence-electron chi connectivity index (χ1n) is 6.00. The summed E-state index contributed by atoms with van der Waals surface area (Å²) in [6, 6.07) is 0. The van der Waals surface area contributed by atoms with Gasteiger partial charge in [-0.1, -0.05) is 54.7 Å². The number of rotatable bonds is 3. The van der Waals surface area contributed by atoms with Crippen molar-refractivity contribution < 1.29 is 4.57 Å². The fourth-order valence-corrected chi connectivity index (χ4v) is 5.64. The summed E-state index contributed by atoms with van der Waals surface area (Å²) in [7, 11) is -2.47. The minimum atomic E-state index is -2.47. The monoisotopic (exact) mass is 242 g/mol. The molecule has 0 bridgehead atoms. The Morgan fingerprint density at radius 2 is 1.06 bits per heavy atom. The normalized spacial score (nSPS) is 22.0. The molecule has 0 heterocycles. The maximum atomic E-state index is 13.5. The van der Waals surface area contributed by atoms with Crippen molar-refractivity contribution in [3.8, 4) is 0 Å². The van der Waals surface area contributed by atoms with Gasteiger partial charge in [-0.25, -0.2) is 0 Å². The van der Waals surface area contributed by atoms with E-state index in [2.05, 4.69) is 18.2 Å². The molecule has 0 spiro atoms. The van der Waals surface area contributed by atoms with Gasteiger partial charge in [-0.3, -0.25) is 0 Å². The van der Waals surface area contributed by atoms with Crippen molar-refractivity contribution in [2.75, 3.05) is 0 Å². The van der Waals surface area contributed by atoms with Crippen LogP contribution >= 0.6 is 7.14 Å². The van der Waals surface area contributed by atoms with E-state index in [-0.39, 0.29) is 0 Å². The zero-order valence-electron chi connectivity index (χ0n) is 9.67. The maximum absolute atomic E-state index is 13.5. The third-order valence-corrected chi connectivity index (χ3v) is 6.89. The first-order chi connectivity index (χ1) is 8.32. The number of hydrogen-bond donors (Lipinski definition) is 0. The molecule has 0 unspecified atom stereocenters.